The highest BCUT2D eigenvalue weighted by Crippen LogP contribution is 2.61. The fraction of sp³-hybridized carbons (Fsp3) is 1.00. The molecule has 1 aliphatic carbocycles. The lowest BCUT2D eigenvalue weighted by atomic mass is 9.54. The number of hydrogen-bond acceptors (Lipinski definition) is 3. The van der Waals surface area contributed by atoms with E-state index < -0.39 is 5.79 Å². The largest absolute Gasteiger partial charge is 0.374 e. The normalized spacial score (nSPS) is 42.6. The average Bonchev–Trinajstić information content (AvgIpc) is 2.94. The summed E-state index contributed by atoms with van der Waals surface area (Å²) in [7, 11) is 0. The van der Waals surface area contributed by atoms with E-state index in [0.29, 0.717) is 11.5 Å². The van der Waals surface area contributed by atoms with E-state index in [-0.39, 0.29) is 11.5 Å². The minimum Gasteiger partial charge on any atom is -0.374 e. The summed E-state index contributed by atoms with van der Waals surface area (Å²) in [4.78, 5) is 0. The molecule has 3 fully saturated rings. The molecule has 0 amide bonds. The summed E-state index contributed by atoms with van der Waals surface area (Å²) in [6.45, 7) is 10.6. The van der Waals surface area contributed by atoms with E-state index in [9.17, 15) is 0 Å². The van der Waals surface area contributed by atoms with Gasteiger partial charge in [-0.15, -0.1) is 0 Å². The standard InChI is InChI=1S/C17H30O3/c1-5-13-7-8-16(6-2)9-10-17(18-11-12-19-17)15(3,4)14(16)20-13/h13-14H,5-12H2,1-4H3/t13-,14-,16?/m0/s1. The van der Waals surface area contributed by atoms with Gasteiger partial charge in [0.05, 0.1) is 25.4 Å². The van der Waals surface area contributed by atoms with Crippen LogP contribution in [0.3, 0.4) is 0 Å². The van der Waals surface area contributed by atoms with Crippen LogP contribution >= 0.6 is 0 Å². The van der Waals surface area contributed by atoms with Gasteiger partial charge in [0.15, 0.2) is 5.79 Å². The molecule has 3 nitrogen and oxygen atoms in total. The van der Waals surface area contributed by atoms with Crippen molar-refractivity contribution < 1.29 is 14.2 Å². The van der Waals surface area contributed by atoms with Crippen molar-refractivity contribution in [3.05, 3.63) is 0 Å². The smallest absolute Gasteiger partial charge is 0.176 e. The van der Waals surface area contributed by atoms with Gasteiger partial charge in [-0.3, -0.25) is 0 Å². The quantitative estimate of drug-likeness (QED) is 0.768. The molecule has 0 radical (unpaired) electrons. The molecule has 3 aliphatic rings. The van der Waals surface area contributed by atoms with E-state index in [0.717, 1.165) is 26.1 Å². The Balaban J connectivity index is 1.94. The van der Waals surface area contributed by atoms with Gasteiger partial charge in [0.1, 0.15) is 0 Å². The third-order valence-corrected chi connectivity index (χ3v) is 6.35. The fourth-order valence-corrected chi connectivity index (χ4v) is 4.92. The van der Waals surface area contributed by atoms with Gasteiger partial charge in [-0.2, -0.15) is 0 Å². The van der Waals surface area contributed by atoms with E-state index >= 15 is 0 Å². The first-order valence-corrected chi connectivity index (χ1v) is 8.43. The molecule has 3 heteroatoms. The predicted molar refractivity (Wildman–Crippen MR) is 78.6 cm³/mol. The van der Waals surface area contributed by atoms with Gasteiger partial charge in [0.25, 0.3) is 0 Å². The highest BCUT2D eigenvalue weighted by Gasteiger charge is 2.64. The van der Waals surface area contributed by atoms with E-state index in [2.05, 4.69) is 27.7 Å². The van der Waals surface area contributed by atoms with Crippen LogP contribution in [0.2, 0.25) is 0 Å². The first kappa shape index (κ1) is 14.8. The van der Waals surface area contributed by atoms with Crippen LogP contribution in [0.25, 0.3) is 0 Å². The third kappa shape index (κ3) is 1.89. The highest BCUT2D eigenvalue weighted by atomic mass is 16.7. The molecular weight excluding hydrogens is 252 g/mol. The SMILES string of the molecule is CC[C@H]1CCC2(CC)CCC3(OCCO3)C(C)(C)[C@@H]2O1. The summed E-state index contributed by atoms with van der Waals surface area (Å²) >= 11 is 0. The topological polar surface area (TPSA) is 27.7 Å². The zero-order valence-electron chi connectivity index (χ0n) is 13.5. The summed E-state index contributed by atoms with van der Waals surface area (Å²) in [5.74, 6) is -0.411. The molecule has 0 aromatic carbocycles. The molecule has 0 aromatic heterocycles. The summed E-state index contributed by atoms with van der Waals surface area (Å²) in [6, 6.07) is 0. The van der Waals surface area contributed by atoms with E-state index in [1.54, 1.807) is 0 Å². The van der Waals surface area contributed by atoms with Gasteiger partial charge in [0, 0.05) is 11.8 Å². The molecule has 3 atom stereocenters. The maximum atomic E-state index is 6.58. The molecular formula is C17H30O3. The van der Waals surface area contributed by atoms with Crippen molar-refractivity contribution in [2.45, 2.75) is 84.2 Å². The van der Waals surface area contributed by atoms with Gasteiger partial charge in [0.2, 0.25) is 0 Å². The van der Waals surface area contributed by atoms with Crippen LogP contribution < -0.4 is 0 Å². The van der Waals surface area contributed by atoms with E-state index in [1.165, 1.54) is 25.7 Å². The first-order valence-electron chi connectivity index (χ1n) is 8.43. The van der Waals surface area contributed by atoms with Gasteiger partial charge in [-0.25, -0.2) is 0 Å². The van der Waals surface area contributed by atoms with Crippen LogP contribution in [0.15, 0.2) is 0 Å². The molecule has 0 N–H and O–H groups in total. The first-order chi connectivity index (χ1) is 9.50. The Morgan fingerprint density at radius 2 is 1.70 bits per heavy atom. The van der Waals surface area contributed by atoms with E-state index in [1.807, 2.05) is 0 Å². The van der Waals surface area contributed by atoms with Crippen LogP contribution in [-0.2, 0) is 14.2 Å². The zero-order valence-corrected chi connectivity index (χ0v) is 13.5. The van der Waals surface area contributed by atoms with Gasteiger partial charge in [-0.1, -0.05) is 27.7 Å². The Morgan fingerprint density at radius 1 is 1.00 bits per heavy atom. The number of hydrogen-bond donors (Lipinski definition) is 0. The summed E-state index contributed by atoms with van der Waals surface area (Å²) < 4.78 is 18.8. The van der Waals surface area contributed by atoms with Gasteiger partial charge < -0.3 is 14.2 Å². The lowest BCUT2D eigenvalue weighted by Crippen LogP contribution is -2.65. The molecule has 1 spiro atoms. The van der Waals surface area contributed by atoms with Crippen molar-refractivity contribution >= 4 is 0 Å². The molecule has 3 rings (SSSR count). The molecule has 0 aromatic rings. The summed E-state index contributed by atoms with van der Waals surface area (Å²) in [5, 5.41) is 0. The Kier molecular flexibility index (Phi) is 3.67. The predicted octanol–water partition coefficient (Wildman–Crippen LogP) is 3.90. The summed E-state index contributed by atoms with van der Waals surface area (Å²) in [5.41, 5.74) is 0.251. The van der Waals surface area contributed by atoms with Crippen LogP contribution in [0, 0.1) is 10.8 Å². The maximum Gasteiger partial charge on any atom is 0.176 e. The van der Waals surface area contributed by atoms with Crippen LogP contribution in [0.5, 0.6) is 0 Å². The summed E-state index contributed by atoms with van der Waals surface area (Å²) in [6.07, 6.45) is 7.69. The third-order valence-electron chi connectivity index (χ3n) is 6.35. The second-order valence-electron chi connectivity index (χ2n) is 7.47. The molecule has 2 saturated heterocycles. The van der Waals surface area contributed by atoms with Gasteiger partial charge >= 0.3 is 0 Å². The number of fused-ring (bicyclic) bond motifs is 1. The van der Waals surface area contributed by atoms with Crippen molar-refractivity contribution in [2.24, 2.45) is 10.8 Å². The fourth-order valence-electron chi connectivity index (χ4n) is 4.92. The van der Waals surface area contributed by atoms with E-state index in [4.69, 9.17) is 14.2 Å². The average molecular weight is 282 g/mol. The second-order valence-corrected chi connectivity index (χ2v) is 7.47. The monoisotopic (exact) mass is 282 g/mol. The Morgan fingerprint density at radius 3 is 2.30 bits per heavy atom. The van der Waals surface area contributed by atoms with Crippen molar-refractivity contribution in [1.29, 1.82) is 0 Å². The molecule has 2 aliphatic heterocycles. The Labute approximate surface area is 123 Å². The van der Waals surface area contributed by atoms with Gasteiger partial charge in [-0.05, 0) is 37.5 Å². The minimum atomic E-state index is -0.411. The molecule has 116 valence electrons. The van der Waals surface area contributed by atoms with Crippen molar-refractivity contribution in [1.82, 2.24) is 0 Å². The maximum absolute atomic E-state index is 6.58. The van der Waals surface area contributed by atoms with Crippen molar-refractivity contribution in [2.75, 3.05) is 13.2 Å². The molecule has 1 unspecified atom stereocenters. The van der Waals surface area contributed by atoms with Crippen LogP contribution in [0.1, 0.15) is 66.2 Å². The lowest BCUT2D eigenvalue weighted by Gasteiger charge is -2.61. The Hall–Kier alpha value is -0.120. The van der Waals surface area contributed by atoms with Crippen LogP contribution in [-0.4, -0.2) is 31.2 Å². The van der Waals surface area contributed by atoms with Crippen molar-refractivity contribution in [3.63, 3.8) is 0 Å². The van der Waals surface area contributed by atoms with Crippen LogP contribution in [0.4, 0.5) is 0 Å². The number of rotatable bonds is 2. The molecule has 1 saturated carbocycles. The molecule has 0 bridgehead atoms. The second kappa shape index (κ2) is 4.96. The zero-order chi connectivity index (χ0) is 14.4. The highest BCUT2D eigenvalue weighted by molar-refractivity contribution is 5.09. The minimum absolute atomic E-state index is 0.0778. The van der Waals surface area contributed by atoms with Crippen molar-refractivity contribution in [3.8, 4) is 0 Å². The molecule has 20 heavy (non-hydrogen) atoms. The molecule has 2 heterocycles. The lowest BCUT2D eigenvalue weighted by molar-refractivity contribution is -0.324. The number of ether oxygens (including phenoxy) is 3. The Bertz CT molecular complexity index is 359.